The number of fused-ring (bicyclic) bond motifs is 3. The lowest BCUT2D eigenvalue weighted by Crippen LogP contribution is -2.52. The number of anilines is 2. The topological polar surface area (TPSA) is 65.8 Å². The number of rotatable bonds is 8. The van der Waals surface area contributed by atoms with Crippen LogP contribution in [0.4, 0.5) is 11.4 Å². The van der Waals surface area contributed by atoms with Gasteiger partial charge in [-0.3, -0.25) is 4.31 Å². The number of para-hydroxylation sites is 2. The molecular formula is C31H35N3O3S. The summed E-state index contributed by atoms with van der Waals surface area (Å²) in [6.45, 7) is 6.26. The highest BCUT2D eigenvalue weighted by atomic mass is 32.2. The van der Waals surface area contributed by atoms with Gasteiger partial charge in [-0.15, -0.1) is 0 Å². The fourth-order valence-corrected chi connectivity index (χ4v) is 7.69. The van der Waals surface area contributed by atoms with E-state index in [0.29, 0.717) is 29.9 Å². The number of benzene rings is 3. The van der Waals surface area contributed by atoms with Gasteiger partial charge < -0.3 is 14.6 Å². The lowest BCUT2D eigenvalue weighted by Gasteiger charge is -2.40. The first kappa shape index (κ1) is 25.0. The molecule has 1 aromatic heterocycles. The van der Waals surface area contributed by atoms with Gasteiger partial charge in [0.05, 0.1) is 16.3 Å². The van der Waals surface area contributed by atoms with Gasteiger partial charge in [0, 0.05) is 43.5 Å². The molecular weight excluding hydrogens is 494 g/mol. The molecule has 6 nitrogen and oxygen atoms in total. The largest absolute Gasteiger partial charge is 0.461 e. The number of hydrogen-bond acceptors (Lipinski definition) is 5. The van der Waals surface area contributed by atoms with Gasteiger partial charge in [-0.1, -0.05) is 49.4 Å². The summed E-state index contributed by atoms with van der Waals surface area (Å²) in [5, 5.41) is 4.41. The SMILES string of the molecule is CCc1oc2ccc(S(=O)(=O)N(CCc3ccccc3)c3ccccc3N3C4CCC3CNC4)cc2c1C. The van der Waals surface area contributed by atoms with Crippen molar-refractivity contribution in [3.8, 4) is 0 Å². The molecule has 2 atom stereocenters. The highest BCUT2D eigenvalue weighted by Crippen LogP contribution is 2.40. The zero-order valence-electron chi connectivity index (χ0n) is 22.1. The van der Waals surface area contributed by atoms with E-state index in [4.69, 9.17) is 4.42 Å². The van der Waals surface area contributed by atoms with Gasteiger partial charge in [0.1, 0.15) is 11.3 Å². The molecule has 3 aromatic carbocycles. The van der Waals surface area contributed by atoms with Crippen molar-refractivity contribution in [3.05, 3.63) is 89.7 Å². The number of nitrogens with zero attached hydrogens (tertiary/aromatic N) is 2. The van der Waals surface area contributed by atoms with Crippen molar-refractivity contribution >= 4 is 32.4 Å². The number of furan rings is 1. The van der Waals surface area contributed by atoms with Crippen LogP contribution in [0.1, 0.15) is 36.7 Å². The Morgan fingerprint density at radius 1 is 0.974 bits per heavy atom. The maximum Gasteiger partial charge on any atom is 0.264 e. The third kappa shape index (κ3) is 4.37. The minimum Gasteiger partial charge on any atom is -0.461 e. The normalized spacial score (nSPS) is 19.3. The lowest BCUT2D eigenvalue weighted by atomic mass is 10.1. The van der Waals surface area contributed by atoms with E-state index in [9.17, 15) is 8.42 Å². The molecule has 0 radical (unpaired) electrons. The fourth-order valence-electron chi connectivity index (χ4n) is 6.19. The first-order valence-corrected chi connectivity index (χ1v) is 15.1. The third-order valence-corrected chi connectivity index (χ3v) is 9.98. The lowest BCUT2D eigenvalue weighted by molar-refractivity contribution is 0.485. The van der Waals surface area contributed by atoms with E-state index >= 15 is 0 Å². The Hall–Kier alpha value is -3.29. The van der Waals surface area contributed by atoms with Crippen LogP contribution in [0.3, 0.4) is 0 Å². The molecule has 0 saturated carbocycles. The van der Waals surface area contributed by atoms with Crippen LogP contribution >= 0.6 is 0 Å². The highest BCUT2D eigenvalue weighted by Gasteiger charge is 2.39. The summed E-state index contributed by atoms with van der Waals surface area (Å²) in [4.78, 5) is 2.76. The first-order chi connectivity index (χ1) is 18.5. The molecule has 4 aromatic rings. The number of sulfonamides is 1. The van der Waals surface area contributed by atoms with Crippen LogP contribution < -0.4 is 14.5 Å². The smallest absolute Gasteiger partial charge is 0.264 e. The van der Waals surface area contributed by atoms with E-state index in [-0.39, 0.29) is 0 Å². The Bertz CT molecular complexity index is 1530. The highest BCUT2D eigenvalue weighted by molar-refractivity contribution is 7.92. The summed E-state index contributed by atoms with van der Waals surface area (Å²) < 4.78 is 36.5. The second-order valence-corrected chi connectivity index (χ2v) is 12.3. The van der Waals surface area contributed by atoms with Gasteiger partial charge in [-0.2, -0.15) is 0 Å². The van der Waals surface area contributed by atoms with E-state index in [1.807, 2.05) is 50.2 Å². The van der Waals surface area contributed by atoms with E-state index < -0.39 is 10.0 Å². The van der Waals surface area contributed by atoms with Gasteiger partial charge in [-0.25, -0.2) is 8.42 Å². The Morgan fingerprint density at radius 3 is 2.42 bits per heavy atom. The monoisotopic (exact) mass is 529 g/mol. The molecule has 38 heavy (non-hydrogen) atoms. The van der Waals surface area contributed by atoms with Crippen LogP contribution in [0.5, 0.6) is 0 Å². The van der Waals surface area contributed by atoms with Crippen molar-refractivity contribution in [2.45, 2.75) is 56.5 Å². The number of piperazine rings is 1. The van der Waals surface area contributed by atoms with Crippen LogP contribution in [0, 0.1) is 6.92 Å². The zero-order valence-corrected chi connectivity index (χ0v) is 22.9. The van der Waals surface area contributed by atoms with Gasteiger partial charge in [0.15, 0.2) is 0 Å². The van der Waals surface area contributed by atoms with Crippen LogP contribution in [0.15, 0.2) is 82.1 Å². The molecule has 198 valence electrons. The van der Waals surface area contributed by atoms with E-state index in [2.05, 4.69) is 28.4 Å². The zero-order chi connectivity index (χ0) is 26.3. The Kier molecular flexibility index (Phi) is 6.66. The van der Waals surface area contributed by atoms with Crippen molar-refractivity contribution in [2.75, 3.05) is 28.8 Å². The molecule has 2 bridgehead atoms. The quantitative estimate of drug-likeness (QED) is 0.318. The van der Waals surface area contributed by atoms with Crippen molar-refractivity contribution < 1.29 is 12.8 Å². The van der Waals surface area contributed by atoms with E-state index in [1.54, 1.807) is 22.5 Å². The minimum absolute atomic E-state index is 0.294. The average Bonchev–Trinajstić information content (AvgIpc) is 3.39. The molecule has 1 N–H and O–H groups in total. The number of hydrogen-bond donors (Lipinski definition) is 1. The molecule has 0 spiro atoms. The Morgan fingerprint density at radius 2 is 1.68 bits per heavy atom. The number of aryl methyl sites for hydroxylation is 2. The molecule has 0 amide bonds. The van der Waals surface area contributed by atoms with Crippen LogP contribution in [0.2, 0.25) is 0 Å². The molecule has 2 fully saturated rings. The molecule has 2 aliphatic rings. The summed E-state index contributed by atoms with van der Waals surface area (Å²) in [5.74, 6) is 0.898. The standard InChI is InChI=1S/C31H35N3O3S/c1-3-30-22(2)27-19-26(15-16-31(27)37-30)38(35,36)33(18-17-23-9-5-4-6-10-23)28-11-7-8-12-29(28)34-24-13-14-25(34)21-32-20-24/h4-12,15-16,19,24-25,32H,3,13-14,17-18,20-21H2,1-2H3. The van der Waals surface area contributed by atoms with Crippen molar-refractivity contribution in [1.82, 2.24) is 5.32 Å². The average molecular weight is 530 g/mol. The summed E-state index contributed by atoms with van der Waals surface area (Å²) in [6, 6.07) is 24.2. The Labute approximate surface area is 225 Å². The van der Waals surface area contributed by atoms with Crippen molar-refractivity contribution in [3.63, 3.8) is 0 Å². The third-order valence-electron chi connectivity index (χ3n) is 8.17. The van der Waals surface area contributed by atoms with Gasteiger partial charge in [0.25, 0.3) is 10.0 Å². The number of nitrogens with one attached hydrogen (secondary N) is 1. The predicted octanol–water partition coefficient (Wildman–Crippen LogP) is 5.68. The molecule has 6 rings (SSSR count). The molecule has 2 saturated heterocycles. The van der Waals surface area contributed by atoms with Crippen LogP contribution in [-0.4, -0.2) is 40.1 Å². The molecule has 0 aliphatic carbocycles. The molecule has 7 heteroatoms. The minimum atomic E-state index is -3.86. The first-order valence-electron chi connectivity index (χ1n) is 13.6. The second kappa shape index (κ2) is 10.1. The predicted molar refractivity (Wildman–Crippen MR) is 154 cm³/mol. The van der Waals surface area contributed by atoms with E-state index in [0.717, 1.165) is 71.6 Å². The maximum atomic E-state index is 14.5. The summed E-state index contributed by atoms with van der Waals surface area (Å²) in [5.41, 5.74) is 4.61. The summed E-state index contributed by atoms with van der Waals surface area (Å²) in [6.07, 6.45) is 3.64. The fraction of sp³-hybridized carbons (Fsp3) is 0.355. The summed E-state index contributed by atoms with van der Waals surface area (Å²) >= 11 is 0. The van der Waals surface area contributed by atoms with Crippen molar-refractivity contribution in [1.29, 1.82) is 0 Å². The van der Waals surface area contributed by atoms with Gasteiger partial charge in [0.2, 0.25) is 0 Å². The maximum absolute atomic E-state index is 14.5. The van der Waals surface area contributed by atoms with Gasteiger partial charge >= 0.3 is 0 Å². The van der Waals surface area contributed by atoms with Gasteiger partial charge in [-0.05, 0) is 67.6 Å². The molecule has 2 aliphatic heterocycles. The molecule has 3 heterocycles. The second-order valence-electron chi connectivity index (χ2n) is 10.4. The summed E-state index contributed by atoms with van der Waals surface area (Å²) in [7, 11) is -3.86. The van der Waals surface area contributed by atoms with Crippen LogP contribution in [0.25, 0.3) is 11.0 Å². The van der Waals surface area contributed by atoms with Crippen molar-refractivity contribution in [2.24, 2.45) is 0 Å². The Balaban J connectivity index is 1.45. The van der Waals surface area contributed by atoms with Crippen LogP contribution in [-0.2, 0) is 22.9 Å². The van der Waals surface area contributed by atoms with E-state index in [1.165, 1.54) is 0 Å². The molecule has 2 unspecified atom stereocenters.